The number of methoxy groups -OCH3 is 1. The van der Waals surface area contributed by atoms with E-state index in [1.54, 1.807) is 24.5 Å². The number of hydrogen-bond acceptors (Lipinski definition) is 8. The predicted octanol–water partition coefficient (Wildman–Crippen LogP) is 7.08. The summed E-state index contributed by atoms with van der Waals surface area (Å²) >= 11 is 0. The normalized spacial score (nSPS) is 23.5. The van der Waals surface area contributed by atoms with Gasteiger partial charge in [0.1, 0.15) is 29.6 Å². The van der Waals surface area contributed by atoms with Crippen LogP contribution in [0.15, 0.2) is 47.2 Å². The molecule has 2 amide bonds. The molecule has 6 rings (SSSR count). The summed E-state index contributed by atoms with van der Waals surface area (Å²) in [7, 11) is 1.71. The van der Waals surface area contributed by atoms with Crippen LogP contribution in [-0.2, 0) is 16.0 Å². The number of benzene rings is 1. The number of carbonyl (C=O) groups is 2. The average molecular weight is 659 g/mol. The third-order valence-corrected chi connectivity index (χ3v) is 10.6. The number of aliphatic hydroxyl groups is 1. The lowest BCUT2D eigenvalue weighted by molar-refractivity contribution is -0.124. The van der Waals surface area contributed by atoms with Crippen molar-refractivity contribution in [1.82, 2.24) is 14.9 Å². The number of pyridine rings is 1. The first-order valence-corrected chi connectivity index (χ1v) is 17.8. The number of anilines is 1. The fourth-order valence-electron chi connectivity index (χ4n) is 7.63. The zero-order chi connectivity index (χ0) is 33.6. The Bertz CT molecular complexity index is 1530. The molecule has 2 aromatic heterocycles. The minimum atomic E-state index is -0.341. The molecule has 2 aliphatic carbocycles. The Hall–Kier alpha value is -3.92. The summed E-state index contributed by atoms with van der Waals surface area (Å²) in [4.78, 5) is 40.0. The van der Waals surface area contributed by atoms with Gasteiger partial charge in [-0.25, -0.2) is 14.8 Å². The van der Waals surface area contributed by atoms with Crippen LogP contribution >= 0.6 is 0 Å². The minimum absolute atomic E-state index is 0.0942. The van der Waals surface area contributed by atoms with Crippen LogP contribution in [0.2, 0.25) is 0 Å². The fourth-order valence-corrected chi connectivity index (χ4v) is 7.63. The van der Waals surface area contributed by atoms with Gasteiger partial charge in [-0.1, -0.05) is 19.1 Å². The molecule has 0 unspecified atom stereocenters. The molecule has 1 N–H and O–H groups in total. The second-order valence-electron chi connectivity index (χ2n) is 13.9. The Morgan fingerprint density at radius 1 is 1.00 bits per heavy atom. The van der Waals surface area contributed by atoms with Gasteiger partial charge in [-0.05, 0) is 112 Å². The van der Waals surface area contributed by atoms with E-state index in [0.29, 0.717) is 88.1 Å². The largest absolute Gasteiger partial charge is 0.496 e. The number of carbonyl (C=O) groups excluding carboxylic acids is 2. The first-order valence-electron chi connectivity index (χ1n) is 17.8. The number of aryl methyl sites for hydroxylation is 2. The summed E-state index contributed by atoms with van der Waals surface area (Å²) in [5.74, 6) is 3.05. The van der Waals surface area contributed by atoms with Crippen LogP contribution in [0.5, 0.6) is 5.75 Å². The van der Waals surface area contributed by atoms with Gasteiger partial charge in [0.05, 0.1) is 13.2 Å². The summed E-state index contributed by atoms with van der Waals surface area (Å²) in [6.07, 6.45) is 11.3. The third kappa shape index (κ3) is 8.02. The van der Waals surface area contributed by atoms with E-state index >= 15 is 0 Å². The van der Waals surface area contributed by atoms with E-state index in [9.17, 15) is 14.7 Å². The molecule has 0 bridgehead atoms. The van der Waals surface area contributed by atoms with Gasteiger partial charge in [0.2, 0.25) is 5.91 Å². The number of rotatable bonds is 9. The monoisotopic (exact) mass is 658 g/mol. The van der Waals surface area contributed by atoms with Crippen molar-refractivity contribution in [3.8, 4) is 17.0 Å². The second-order valence-corrected chi connectivity index (χ2v) is 13.9. The standard InChI is InChI=1S/C38H50N4O6/c1-4-36-40-33(24-47-36)30-15-18-39-35(22-30)42(23-26-5-7-27(8-6-26)29-11-14-34(46-3)25(2)21-29)37(44)28-9-12-32(13-10-28)48-38(45)41-19-16-31(43)17-20-41/h11,14-15,18,21-22,24,26-28,31-32,43H,4-10,12-13,16-17,19-20,23H2,1-3H3. The van der Waals surface area contributed by atoms with Gasteiger partial charge in [0.25, 0.3) is 0 Å². The van der Waals surface area contributed by atoms with Crippen molar-refractivity contribution in [3.05, 3.63) is 59.8 Å². The molecule has 1 saturated heterocycles. The highest BCUT2D eigenvalue weighted by molar-refractivity contribution is 5.94. The van der Waals surface area contributed by atoms with Gasteiger partial charge < -0.3 is 23.9 Å². The summed E-state index contributed by atoms with van der Waals surface area (Å²) in [6, 6.07) is 10.4. The van der Waals surface area contributed by atoms with Crippen molar-refractivity contribution in [2.24, 2.45) is 11.8 Å². The second kappa shape index (κ2) is 15.5. The van der Waals surface area contributed by atoms with E-state index < -0.39 is 0 Å². The van der Waals surface area contributed by atoms with Gasteiger partial charge in [0.15, 0.2) is 5.89 Å². The summed E-state index contributed by atoms with van der Waals surface area (Å²) in [5.41, 5.74) is 4.14. The maximum Gasteiger partial charge on any atom is 0.410 e. The predicted molar refractivity (Wildman–Crippen MR) is 183 cm³/mol. The zero-order valence-corrected chi connectivity index (χ0v) is 28.6. The van der Waals surface area contributed by atoms with E-state index in [-0.39, 0.29) is 30.1 Å². The number of likely N-dealkylation sites (tertiary alicyclic amines) is 1. The van der Waals surface area contributed by atoms with Crippen LogP contribution in [0, 0.1) is 18.8 Å². The molecule has 10 heteroatoms. The minimum Gasteiger partial charge on any atom is -0.496 e. The molecule has 1 aliphatic heterocycles. The van der Waals surface area contributed by atoms with Crippen LogP contribution < -0.4 is 9.64 Å². The number of ether oxygens (including phenoxy) is 2. The lowest BCUT2D eigenvalue weighted by Gasteiger charge is -2.36. The molecule has 1 aromatic carbocycles. The Morgan fingerprint density at radius 3 is 2.42 bits per heavy atom. The summed E-state index contributed by atoms with van der Waals surface area (Å²) in [5, 5.41) is 9.78. The number of nitrogens with zero attached hydrogens (tertiary/aromatic N) is 4. The molecule has 3 aliphatic rings. The number of aromatic nitrogens is 2. The molecular formula is C38H50N4O6. The number of hydrogen-bond donors (Lipinski definition) is 1. The number of amides is 2. The highest BCUT2D eigenvalue weighted by atomic mass is 16.6. The zero-order valence-electron chi connectivity index (χ0n) is 28.6. The van der Waals surface area contributed by atoms with Gasteiger partial charge in [-0.15, -0.1) is 0 Å². The Balaban J connectivity index is 1.13. The van der Waals surface area contributed by atoms with Crippen LogP contribution in [0.4, 0.5) is 10.6 Å². The molecule has 258 valence electrons. The van der Waals surface area contributed by atoms with Crippen molar-refractivity contribution in [1.29, 1.82) is 0 Å². The molecular weight excluding hydrogens is 608 g/mol. The van der Waals surface area contributed by atoms with E-state index in [0.717, 1.165) is 48.3 Å². The van der Waals surface area contributed by atoms with Crippen molar-refractivity contribution in [2.75, 3.05) is 31.6 Å². The number of oxazole rings is 1. The molecule has 0 radical (unpaired) electrons. The summed E-state index contributed by atoms with van der Waals surface area (Å²) < 4.78 is 16.9. The molecule has 3 fully saturated rings. The van der Waals surface area contributed by atoms with Crippen LogP contribution in [0.25, 0.3) is 11.3 Å². The fraction of sp³-hybridized carbons (Fsp3) is 0.579. The molecule has 3 heterocycles. The van der Waals surface area contributed by atoms with Gasteiger partial charge in [-0.2, -0.15) is 0 Å². The maximum absolute atomic E-state index is 14.4. The third-order valence-electron chi connectivity index (χ3n) is 10.6. The highest BCUT2D eigenvalue weighted by Crippen LogP contribution is 2.39. The molecule has 0 spiro atoms. The lowest BCUT2D eigenvalue weighted by atomic mass is 9.78. The summed E-state index contributed by atoms with van der Waals surface area (Å²) in [6.45, 7) is 5.76. The Kier molecular flexibility index (Phi) is 11.0. The Labute approximate surface area is 283 Å². The topological polar surface area (TPSA) is 118 Å². The molecule has 48 heavy (non-hydrogen) atoms. The van der Waals surface area contributed by atoms with Crippen molar-refractivity contribution in [3.63, 3.8) is 0 Å². The number of piperidine rings is 1. The molecule has 10 nitrogen and oxygen atoms in total. The molecule has 0 atom stereocenters. The SMILES string of the molecule is CCc1nc(-c2ccnc(N(CC3CCC(c4ccc(OC)c(C)c4)CC3)C(=O)C3CCC(OC(=O)N4CCC(O)CC4)CC3)c2)co1. The maximum atomic E-state index is 14.4. The Morgan fingerprint density at radius 2 is 1.75 bits per heavy atom. The van der Waals surface area contributed by atoms with E-state index in [1.165, 1.54) is 5.56 Å². The van der Waals surface area contributed by atoms with Gasteiger partial charge in [0, 0.05) is 43.7 Å². The van der Waals surface area contributed by atoms with E-state index in [4.69, 9.17) is 18.9 Å². The smallest absolute Gasteiger partial charge is 0.410 e. The van der Waals surface area contributed by atoms with Crippen molar-refractivity contribution >= 4 is 17.8 Å². The lowest BCUT2D eigenvalue weighted by Crippen LogP contribution is -2.44. The van der Waals surface area contributed by atoms with Crippen molar-refractivity contribution in [2.45, 2.75) is 103 Å². The number of aliphatic hydroxyl groups excluding tert-OH is 1. The van der Waals surface area contributed by atoms with Gasteiger partial charge in [-0.3, -0.25) is 9.69 Å². The molecule has 2 saturated carbocycles. The first kappa shape index (κ1) is 34.0. The average Bonchev–Trinajstić information content (AvgIpc) is 3.61. The van der Waals surface area contributed by atoms with Crippen LogP contribution in [0.1, 0.15) is 94.1 Å². The quantitative estimate of drug-likeness (QED) is 0.259. The van der Waals surface area contributed by atoms with Crippen LogP contribution in [0.3, 0.4) is 0 Å². The van der Waals surface area contributed by atoms with E-state index in [1.807, 2.05) is 24.0 Å². The highest BCUT2D eigenvalue weighted by Gasteiger charge is 2.35. The van der Waals surface area contributed by atoms with E-state index in [2.05, 4.69) is 30.1 Å². The van der Waals surface area contributed by atoms with Gasteiger partial charge >= 0.3 is 6.09 Å². The van der Waals surface area contributed by atoms with Crippen molar-refractivity contribution < 1.29 is 28.6 Å². The first-order chi connectivity index (χ1) is 23.3. The molecule has 3 aromatic rings. The van der Waals surface area contributed by atoms with Crippen LogP contribution in [-0.4, -0.2) is 70.9 Å².